The van der Waals surface area contributed by atoms with Crippen LogP contribution in [0, 0.1) is 0 Å². The van der Waals surface area contributed by atoms with E-state index in [-0.39, 0.29) is 54.3 Å². The van der Waals surface area contributed by atoms with Crippen LogP contribution >= 0.6 is 0 Å². The predicted octanol–water partition coefficient (Wildman–Crippen LogP) is 4.75. The van der Waals surface area contributed by atoms with Crippen molar-refractivity contribution >= 4 is 45.1 Å². The molecule has 16 nitrogen and oxygen atoms in total. The largest absolute Gasteiger partial charge is 0.508 e. The number of ether oxygens (including phenoxy) is 2. The second-order valence-corrected chi connectivity index (χ2v) is 14.6. The first-order valence-electron chi connectivity index (χ1n) is 15.2. The standard InChI is InChI=1S/C32H41N7O9S/c1-20(2)35-28-29(42)39(26(18-34-28)22-14-24(16-25(40)15-22)36-30(43)48-32(3,4)5)19-27(41)33-17-21-8-10-23(11-9-21)37-38-31(44)47-12-7-13-49(6,45)46/h8-11,14-16,18,20,40H,7,12-13,17,19H2,1-6H3,(H,33,41)(H,34,35)(H,36,43). The molecule has 2 aromatic carbocycles. The number of sulfone groups is 1. The van der Waals surface area contributed by atoms with Crippen LogP contribution in [-0.4, -0.2) is 71.4 Å². The highest BCUT2D eigenvalue weighted by Crippen LogP contribution is 2.28. The molecule has 0 saturated heterocycles. The fourth-order valence-corrected chi connectivity index (χ4v) is 4.83. The zero-order chi connectivity index (χ0) is 36.4. The van der Waals surface area contributed by atoms with Crippen molar-refractivity contribution < 1.29 is 37.4 Å². The molecule has 3 rings (SSSR count). The Morgan fingerprint density at radius 2 is 1.78 bits per heavy atom. The summed E-state index contributed by atoms with van der Waals surface area (Å²) < 4.78 is 33.6. The Morgan fingerprint density at radius 3 is 2.41 bits per heavy atom. The number of azo groups is 1. The molecule has 17 heteroatoms. The van der Waals surface area contributed by atoms with Crippen LogP contribution in [0.2, 0.25) is 0 Å². The van der Waals surface area contributed by atoms with Crippen molar-refractivity contribution in [3.05, 3.63) is 64.6 Å². The average Bonchev–Trinajstić information content (AvgIpc) is 2.98. The molecule has 0 aliphatic carbocycles. The van der Waals surface area contributed by atoms with Gasteiger partial charge in [-0.25, -0.2) is 23.0 Å². The first-order chi connectivity index (χ1) is 22.9. The second-order valence-electron chi connectivity index (χ2n) is 12.3. The van der Waals surface area contributed by atoms with E-state index >= 15 is 0 Å². The number of aromatic hydroxyl groups is 1. The lowest BCUT2D eigenvalue weighted by Gasteiger charge is -2.20. The molecule has 1 aromatic heterocycles. The molecule has 3 amide bonds. The number of benzene rings is 2. The van der Waals surface area contributed by atoms with Crippen LogP contribution in [-0.2, 0) is 37.2 Å². The van der Waals surface area contributed by atoms with Crippen molar-refractivity contribution in [2.45, 2.75) is 65.8 Å². The molecule has 0 radical (unpaired) electrons. The predicted molar refractivity (Wildman–Crippen MR) is 183 cm³/mol. The van der Waals surface area contributed by atoms with Gasteiger partial charge in [0.1, 0.15) is 27.7 Å². The number of anilines is 2. The third-order valence-corrected chi connectivity index (χ3v) is 7.23. The Morgan fingerprint density at radius 1 is 1.08 bits per heavy atom. The minimum absolute atomic E-state index is 0.0290. The molecule has 0 saturated carbocycles. The molecule has 0 unspecified atom stereocenters. The van der Waals surface area contributed by atoms with Crippen molar-refractivity contribution in [2.24, 2.45) is 10.2 Å². The maximum absolute atomic E-state index is 13.5. The van der Waals surface area contributed by atoms with Crippen LogP contribution < -0.4 is 21.5 Å². The van der Waals surface area contributed by atoms with E-state index in [1.54, 1.807) is 45.0 Å². The second kappa shape index (κ2) is 16.7. The van der Waals surface area contributed by atoms with Crippen LogP contribution in [0.25, 0.3) is 11.3 Å². The number of hydrogen-bond donors (Lipinski definition) is 4. The number of carbonyl (C=O) groups excluding carboxylic acids is 3. The van der Waals surface area contributed by atoms with E-state index in [2.05, 4.69) is 31.2 Å². The van der Waals surface area contributed by atoms with Gasteiger partial charge < -0.3 is 25.2 Å². The molecular formula is C32H41N7O9S. The topological polar surface area (TPSA) is 220 Å². The van der Waals surface area contributed by atoms with E-state index in [1.165, 1.54) is 29.0 Å². The summed E-state index contributed by atoms with van der Waals surface area (Å²) >= 11 is 0. The van der Waals surface area contributed by atoms with E-state index in [1.807, 2.05) is 13.8 Å². The van der Waals surface area contributed by atoms with Crippen LogP contribution in [0.1, 0.15) is 46.6 Å². The summed E-state index contributed by atoms with van der Waals surface area (Å²) in [5.41, 5.74) is 0.410. The Hall–Kier alpha value is -5.32. The minimum Gasteiger partial charge on any atom is -0.508 e. The molecule has 0 bridgehead atoms. The number of rotatable bonds is 13. The molecule has 3 aromatic rings. The number of nitrogens with zero attached hydrogens (tertiary/aromatic N) is 4. The summed E-state index contributed by atoms with van der Waals surface area (Å²) in [6.45, 7) is 8.39. The SMILES string of the molecule is CC(C)Nc1ncc(-c2cc(O)cc(NC(=O)OC(C)(C)C)c2)n(CC(=O)NCc2ccc(N=NC(=O)OCCCS(C)(=O)=O)cc2)c1=O. The first-order valence-corrected chi connectivity index (χ1v) is 17.3. The number of nitrogens with one attached hydrogen (secondary N) is 3. The lowest BCUT2D eigenvalue weighted by molar-refractivity contribution is -0.121. The highest BCUT2D eigenvalue weighted by molar-refractivity contribution is 7.90. The average molecular weight is 700 g/mol. The maximum atomic E-state index is 13.5. The van der Waals surface area contributed by atoms with Gasteiger partial charge in [-0.15, -0.1) is 5.11 Å². The van der Waals surface area contributed by atoms with Crippen molar-refractivity contribution in [3.63, 3.8) is 0 Å². The Kier molecular flexibility index (Phi) is 13.0. The number of carbonyl (C=O) groups is 3. The van der Waals surface area contributed by atoms with Gasteiger partial charge in [-0.1, -0.05) is 17.2 Å². The van der Waals surface area contributed by atoms with Gasteiger partial charge in [-0.3, -0.25) is 19.5 Å². The van der Waals surface area contributed by atoms with Crippen LogP contribution in [0.15, 0.2) is 63.7 Å². The molecular weight excluding hydrogens is 658 g/mol. The molecule has 49 heavy (non-hydrogen) atoms. The number of amides is 3. The van der Waals surface area contributed by atoms with Gasteiger partial charge in [0.05, 0.1) is 29.9 Å². The van der Waals surface area contributed by atoms with Crippen LogP contribution in [0.5, 0.6) is 5.75 Å². The Bertz CT molecular complexity index is 1850. The van der Waals surface area contributed by atoms with Gasteiger partial charge in [0, 0.05) is 36.2 Å². The van der Waals surface area contributed by atoms with Gasteiger partial charge in [0.2, 0.25) is 5.91 Å². The van der Waals surface area contributed by atoms with E-state index < -0.39 is 45.6 Å². The van der Waals surface area contributed by atoms with Crippen molar-refractivity contribution in [2.75, 3.05) is 29.2 Å². The van der Waals surface area contributed by atoms with Gasteiger partial charge in [0.25, 0.3) is 5.56 Å². The summed E-state index contributed by atoms with van der Waals surface area (Å²) in [5.74, 6) is -0.790. The number of phenols is 1. The van der Waals surface area contributed by atoms with Crippen LogP contribution in [0.4, 0.5) is 26.8 Å². The molecule has 0 spiro atoms. The monoisotopic (exact) mass is 699 g/mol. The zero-order valence-corrected chi connectivity index (χ0v) is 29.0. The summed E-state index contributed by atoms with van der Waals surface area (Å²) in [4.78, 5) is 54.9. The van der Waals surface area contributed by atoms with E-state index in [0.29, 0.717) is 16.8 Å². The van der Waals surface area contributed by atoms with Gasteiger partial charge >= 0.3 is 12.2 Å². The molecule has 0 aliphatic heterocycles. The van der Waals surface area contributed by atoms with Gasteiger partial charge in [-0.2, -0.15) is 0 Å². The number of hydrogen-bond acceptors (Lipinski definition) is 12. The highest BCUT2D eigenvalue weighted by atomic mass is 32.2. The molecule has 4 N–H and O–H groups in total. The van der Waals surface area contributed by atoms with Crippen molar-refractivity contribution in [1.82, 2.24) is 14.9 Å². The van der Waals surface area contributed by atoms with E-state index in [9.17, 15) is 32.7 Å². The summed E-state index contributed by atoms with van der Waals surface area (Å²) in [5, 5.41) is 26.0. The smallest absolute Gasteiger partial charge is 0.452 e. The summed E-state index contributed by atoms with van der Waals surface area (Å²) in [6, 6.07) is 10.5. The molecule has 0 aliphatic rings. The lowest BCUT2D eigenvalue weighted by atomic mass is 10.1. The number of phenolic OH excluding ortho intramolecular Hbond substituents is 1. The molecule has 0 fully saturated rings. The van der Waals surface area contributed by atoms with E-state index in [0.717, 1.165) is 6.26 Å². The van der Waals surface area contributed by atoms with E-state index in [4.69, 9.17) is 9.47 Å². The zero-order valence-electron chi connectivity index (χ0n) is 28.1. The third kappa shape index (κ3) is 13.4. The molecule has 0 atom stereocenters. The Balaban J connectivity index is 1.72. The van der Waals surface area contributed by atoms with Crippen molar-refractivity contribution in [3.8, 4) is 17.0 Å². The first kappa shape index (κ1) is 38.1. The third-order valence-electron chi connectivity index (χ3n) is 6.20. The normalized spacial score (nSPS) is 11.7. The fraction of sp³-hybridized carbons (Fsp3) is 0.406. The molecule has 264 valence electrons. The lowest BCUT2D eigenvalue weighted by Crippen LogP contribution is -2.35. The fourth-order valence-electron chi connectivity index (χ4n) is 4.19. The quantitative estimate of drug-likeness (QED) is 0.141. The number of aromatic nitrogens is 2. The summed E-state index contributed by atoms with van der Waals surface area (Å²) in [6.07, 6.45) is 0.936. The van der Waals surface area contributed by atoms with Crippen LogP contribution in [0.3, 0.4) is 0 Å². The van der Waals surface area contributed by atoms with Gasteiger partial charge in [-0.05, 0) is 70.9 Å². The van der Waals surface area contributed by atoms with Gasteiger partial charge in [0.15, 0.2) is 5.82 Å². The van der Waals surface area contributed by atoms with Crippen molar-refractivity contribution in [1.29, 1.82) is 0 Å². The summed E-state index contributed by atoms with van der Waals surface area (Å²) in [7, 11) is -3.15. The maximum Gasteiger partial charge on any atom is 0.452 e. The highest BCUT2D eigenvalue weighted by Gasteiger charge is 2.19. The minimum atomic E-state index is -3.15. The molecule has 1 heterocycles. The Labute approximate surface area is 283 Å².